The molecule has 2 aliphatic rings. The van der Waals surface area contributed by atoms with Crippen LogP contribution in [0.5, 0.6) is 0 Å². The number of nitrogens with one attached hydrogen (secondary N) is 1. The summed E-state index contributed by atoms with van der Waals surface area (Å²) in [6, 6.07) is 0.734. The summed E-state index contributed by atoms with van der Waals surface area (Å²) in [5, 5.41) is 2.86. The van der Waals surface area contributed by atoms with E-state index in [1.807, 2.05) is 0 Å². The van der Waals surface area contributed by atoms with Crippen molar-refractivity contribution in [3.63, 3.8) is 0 Å². The Bertz CT molecular complexity index is 681. The number of pyridine rings is 1. The van der Waals surface area contributed by atoms with E-state index in [-0.39, 0.29) is 53.7 Å². The Morgan fingerprint density at radius 3 is 2.64 bits per heavy atom. The number of aromatic nitrogens is 1. The third-order valence-electron chi connectivity index (χ3n) is 4.65. The van der Waals surface area contributed by atoms with Gasteiger partial charge in [-0.3, -0.25) is 4.79 Å². The number of carbonyl (C=O) groups excluding carboxylic acids is 1. The zero-order valence-electron chi connectivity index (χ0n) is 14.7. The van der Waals surface area contributed by atoms with Gasteiger partial charge in [0.2, 0.25) is 5.91 Å². The molecule has 0 bridgehead atoms. The highest BCUT2D eigenvalue weighted by molar-refractivity contribution is 6.33. The molecule has 2 fully saturated rings. The predicted octanol–water partition coefficient (Wildman–Crippen LogP) is 2.80. The summed E-state index contributed by atoms with van der Waals surface area (Å²) in [5.74, 6) is 0.107. The highest BCUT2D eigenvalue weighted by Crippen LogP contribution is 2.34. The molecule has 0 spiro atoms. The number of amides is 1. The van der Waals surface area contributed by atoms with Crippen LogP contribution in [0.1, 0.15) is 24.8 Å². The normalized spacial score (nSPS) is 24.5. The second kappa shape index (κ2) is 10.2. The first kappa shape index (κ1) is 25.0. The summed E-state index contributed by atoms with van der Waals surface area (Å²) in [6.07, 6.45) is -2.25. The van der Waals surface area contributed by atoms with Gasteiger partial charge in [-0.1, -0.05) is 11.6 Å². The molecule has 3 rings (SSSR count). The number of carbonyl (C=O) groups is 1. The Kier molecular flexibility index (Phi) is 9.08. The van der Waals surface area contributed by atoms with E-state index in [1.165, 1.54) is 0 Å². The summed E-state index contributed by atoms with van der Waals surface area (Å²) in [5.41, 5.74) is 4.65. The highest BCUT2D eigenvalue weighted by Gasteiger charge is 2.35. The molecular formula is C16H22Cl3F3N4O2. The smallest absolute Gasteiger partial charge is 0.364 e. The van der Waals surface area contributed by atoms with Crippen molar-refractivity contribution in [2.24, 2.45) is 5.73 Å². The first-order chi connectivity index (χ1) is 12.3. The molecule has 1 aromatic heterocycles. The van der Waals surface area contributed by atoms with Gasteiger partial charge in [-0.25, -0.2) is 4.98 Å². The fourth-order valence-electron chi connectivity index (χ4n) is 3.25. The average molecular weight is 466 g/mol. The van der Waals surface area contributed by atoms with Crippen LogP contribution in [0.25, 0.3) is 0 Å². The Morgan fingerprint density at radius 1 is 1.36 bits per heavy atom. The lowest BCUT2D eigenvalue weighted by molar-refractivity contribution is -0.137. The summed E-state index contributed by atoms with van der Waals surface area (Å²) < 4.78 is 43.7. The molecule has 160 valence electrons. The molecule has 0 radical (unpaired) electrons. The van der Waals surface area contributed by atoms with Gasteiger partial charge in [-0.05, 0) is 25.3 Å². The van der Waals surface area contributed by atoms with Gasteiger partial charge < -0.3 is 20.7 Å². The number of nitrogens with two attached hydrogens (primary N) is 1. The van der Waals surface area contributed by atoms with Crippen LogP contribution >= 0.6 is 36.4 Å². The van der Waals surface area contributed by atoms with E-state index in [4.69, 9.17) is 22.1 Å². The zero-order valence-corrected chi connectivity index (χ0v) is 17.1. The van der Waals surface area contributed by atoms with E-state index in [9.17, 15) is 18.0 Å². The number of halogens is 6. The lowest BCUT2D eigenvalue weighted by atomic mass is 10.1. The Hall–Kier alpha value is -1.00. The van der Waals surface area contributed by atoms with Crippen molar-refractivity contribution in [1.82, 2.24) is 10.3 Å². The number of anilines is 1. The van der Waals surface area contributed by atoms with Crippen LogP contribution < -0.4 is 16.0 Å². The maximum atomic E-state index is 12.7. The van der Waals surface area contributed by atoms with Gasteiger partial charge in [0, 0.05) is 31.9 Å². The summed E-state index contributed by atoms with van der Waals surface area (Å²) in [7, 11) is 0. The third kappa shape index (κ3) is 5.76. The predicted molar refractivity (Wildman–Crippen MR) is 104 cm³/mol. The molecule has 0 aliphatic carbocycles. The van der Waals surface area contributed by atoms with Crippen molar-refractivity contribution < 1.29 is 22.7 Å². The molecule has 0 aromatic carbocycles. The van der Waals surface area contributed by atoms with E-state index in [1.54, 1.807) is 4.90 Å². The summed E-state index contributed by atoms with van der Waals surface area (Å²) in [4.78, 5) is 17.9. The first-order valence-corrected chi connectivity index (χ1v) is 8.79. The molecule has 6 nitrogen and oxygen atoms in total. The van der Waals surface area contributed by atoms with E-state index in [0.717, 1.165) is 18.7 Å². The second-order valence-electron chi connectivity index (χ2n) is 6.53. The lowest BCUT2D eigenvalue weighted by Gasteiger charge is -2.20. The van der Waals surface area contributed by atoms with E-state index >= 15 is 0 Å². The van der Waals surface area contributed by atoms with Gasteiger partial charge in [0.25, 0.3) is 0 Å². The van der Waals surface area contributed by atoms with E-state index in [0.29, 0.717) is 32.5 Å². The molecule has 3 heterocycles. The van der Waals surface area contributed by atoms with Crippen molar-refractivity contribution in [3.8, 4) is 0 Å². The van der Waals surface area contributed by atoms with Crippen molar-refractivity contribution in [2.45, 2.75) is 43.7 Å². The molecule has 1 amide bonds. The Labute approximate surface area is 178 Å². The summed E-state index contributed by atoms with van der Waals surface area (Å²) >= 11 is 5.98. The third-order valence-corrected chi connectivity index (χ3v) is 4.92. The van der Waals surface area contributed by atoms with Crippen LogP contribution in [0.2, 0.25) is 5.02 Å². The minimum atomic E-state index is -4.49. The van der Waals surface area contributed by atoms with Crippen LogP contribution in [0.3, 0.4) is 0 Å². The maximum Gasteiger partial charge on any atom is 0.417 e. The molecule has 3 atom stereocenters. The number of hydrogen-bond acceptors (Lipinski definition) is 5. The fraction of sp³-hybridized carbons (Fsp3) is 0.625. The second-order valence-corrected chi connectivity index (χ2v) is 6.93. The minimum Gasteiger partial charge on any atom is -0.364 e. The molecule has 1 unspecified atom stereocenters. The van der Waals surface area contributed by atoms with Crippen LogP contribution in [-0.4, -0.2) is 48.8 Å². The van der Waals surface area contributed by atoms with Crippen LogP contribution in [0, 0.1) is 0 Å². The highest BCUT2D eigenvalue weighted by atomic mass is 35.5. The molecule has 2 aliphatic heterocycles. The van der Waals surface area contributed by atoms with Gasteiger partial charge in [-0.15, -0.1) is 24.8 Å². The topological polar surface area (TPSA) is 80.5 Å². The van der Waals surface area contributed by atoms with Crippen molar-refractivity contribution >= 4 is 48.1 Å². The lowest BCUT2D eigenvalue weighted by Crippen LogP contribution is -2.43. The number of nitrogens with zero attached hydrogens (tertiary/aromatic N) is 2. The van der Waals surface area contributed by atoms with Gasteiger partial charge in [-0.2, -0.15) is 13.2 Å². The molecule has 3 N–H and O–H groups in total. The fourth-order valence-corrected chi connectivity index (χ4v) is 3.54. The molecule has 0 saturated carbocycles. The SMILES string of the molecule is Cl.Cl.NC[C@H]1CC[C@@H](C(=O)NC2CCN(c3ncc(C(F)(F)F)cc3Cl)C2)O1. The van der Waals surface area contributed by atoms with Gasteiger partial charge in [0.05, 0.1) is 16.7 Å². The first-order valence-electron chi connectivity index (χ1n) is 8.41. The standard InChI is InChI=1S/C16H20ClF3N4O2.2ClH/c17-12-5-9(16(18,19)20)7-22-14(12)24-4-3-10(8-24)23-15(25)13-2-1-11(6-21)26-13;;/h5,7,10-11,13H,1-4,6,8,21H2,(H,23,25);2*1H/t10?,11-,13+;;/m1../s1. The number of hydrogen-bond donors (Lipinski definition) is 2. The summed E-state index contributed by atoms with van der Waals surface area (Å²) in [6.45, 7) is 1.36. The largest absolute Gasteiger partial charge is 0.417 e. The number of ether oxygens (including phenoxy) is 1. The Balaban J connectivity index is 0.00000196. The monoisotopic (exact) mass is 464 g/mol. The number of rotatable bonds is 4. The average Bonchev–Trinajstić information content (AvgIpc) is 3.23. The van der Waals surface area contributed by atoms with Crippen LogP contribution in [-0.2, 0) is 15.7 Å². The van der Waals surface area contributed by atoms with Crippen LogP contribution in [0.15, 0.2) is 12.3 Å². The molecular weight excluding hydrogens is 444 g/mol. The van der Waals surface area contributed by atoms with Crippen molar-refractivity contribution in [2.75, 3.05) is 24.5 Å². The van der Waals surface area contributed by atoms with Crippen molar-refractivity contribution in [3.05, 3.63) is 22.8 Å². The van der Waals surface area contributed by atoms with E-state index in [2.05, 4.69) is 10.3 Å². The zero-order chi connectivity index (χ0) is 18.9. The van der Waals surface area contributed by atoms with Gasteiger partial charge in [0.1, 0.15) is 11.9 Å². The molecule has 1 aromatic rings. The molecule has 28 heavy (non-hydrogen) atoms. The van der Waals surface area contributed by atoms with Gasteiger partial charge >= 0.3 is 6.18 Å². The van der Waals surface area contributed by atoms with Gasteiger partial charge in [0.15, 0.2) is 0 Å². The number of alkyl halides is 3. The quantitative estimate of drug-likeness (QED) is 0.715. The minimum absolute atomic E-state index is 0. The van der Waals surface area contributed by atoms with E-state index < -0.39 is 17.8 Å². The van der Waals surface area contributed by atoms with Crippen LogP contribution in [0.4, 0.5) is 19.0 Å². The molecule has 2 saturated heterocycles. The van der Waals surface area contributed by atoms with Crippen molar-refractivity contribution in [1.29, 1.82) is 0 Å². The maximum absolute atomic E-state index is 12.7. The Morgan fingerprint density at radius 2 is 2.07 bits per heavy atom. The molecule has 12 heteroatoms.